The average molecular weight is 346 g/mol. The third-order valence-electron chi connectivity index (χ3n) is 2.74. The number of hydrogen-bond donors (Lipinski definition) is 2. The summed E-state index contributed by atoms with van der Waals surface area (Å²) in [4.78, 5) is 11.4. The van der Waals surface area contributed by atoms with Gasteiger partial charge in [0.1, 0.15) is 20.8 Å². The number of rotatable bonds is 5. The Balaban J connectivity index is 0.00000264. The summed E-state index contributed by atoms with van der Waals surface area (Å²) in [6.45, 7) is -2.33. The van der Waals surface area contributed by atoms with E-state index in [1.54, 1.807) is 18.2 Å². The van der Waals surface area contributed by atoms with Crippen LogP contribution in [-0.4, -0.2) is 35.4 Å². The third kappa shape index (κ3) is 4.85. The number of carbonyl (C=O) groups is 1. The molecule has 2 N–H and O–H groups in total. The molecular formula is C14H11NaO7S. The third-order valence-corrected chi connectivity index (χ3v) is 3.66. The summed E-state index contributed by atoms with van der Waals surface area (Å²) >= 11 is 0. The summed E-state index contributed by atoms with van der Waals surface area (Å²) in [5.74, 6) is -1.31. The Morgan fingerprint density at radius 2 is 1.65 bits per heavy atom. The molecule has 0 saturated carbocycles. The Labute approximate surface area is 154 Å². The van der Waals surface area contributed by atoms with Gasteiger partial charge in [-0.2, -0.15) is 0 Å². The Hall–Kier alpha value is -1.26. The van der Waals surface area contributed by atoms with E-state index in [0.717, 1.165) is 12.1 Å². The number of aliphatic hydroxyl groups is 2. The van der Waals surface area contributed by atoms with Crippen LogP contribution in [0.25, 0.3) is 0 Å². The van der Waals surface area contributed by atoms with Gasteiger partial charge in [0.2, 0.25) is 0 Å². The summed E-state index contributed by atoms with van der Waals surface area (Å²) in [6.07, 6.45) is 0. The topological polar surface area (TPSA) is 124 Å². The fourth-order valence-corrected chi connectivity index (χ4v) is 2.70. The van der Waals surface area contributed by atoms with Crippen LogP contribution in [0.15, 0.2) is 53.4 Å². The molecule has 9 heteroatoms. The first kappa shape index (κ1) is 19.8. The van der Waals surface area contributed by atoms with Gasteiger partial charge in [-0.1, -0.05) is 36.4 Å². The minimum absolute atomic E-state index is 0. The number of benzene rings is 2. The molecule has 7 nitrogen and oxygen atoms in total. The molecule has 0 aromatic heterocycles. The second kappa shape index (κ2) is 8.02. The van der Waals surface area contributed by atoms with Crippen molar-refractivity contribution in [1.82, 2.24) is 0 Å². The van der Waals surface area contributed by atoms with Gasteiger partial charge in [-0.25, -0.2) is 8.42 Å². The molecule has 0 bridgehead atoms. The number of hydrogen-bond acceptors (Lipinski definition) is 7. The van der Waals surface area contributed by atoms with Crippen molar-refractivity contribution in [3.8, 4) is 5.75 Å². The van der Waals surface area contributed by atoms with Crippen LogP contribution in [0.1, 0.15) is 15.9 Å². The van der Waals surface area contributed by atoms with Crippen molar-refractivity contribution in [3.63, 3.8) is 0 Å². The van der Waals surface area contributed by atoms with E-state index in [2.05, 4.69) is 4.74 Å². The predicted octanol–water partition coefficient (Wildman–Crippen LogP) is -2.53. The van der Waals surface area contributed by atoms with Crippen molar-refractivity contribution in [2.45, 2.75) is 11.4 Å². The Morgan fingerprint density at radius 1 is 1.04 bits per heavy atom. The van der Waals surface area contributed by atoms with Crippen LogP contribution in [0.5, 0.6) is 5.75 Å². The molecule has 0 fully saturated rings. The average Bonchev–Trinajstić information content (AvgIpc) is 2.45. The second-order valence-electron chi connectivity index (χ2n) is 4.23. The molecule has 0 aliphatic rings. The number of carbonyl (C=O) groups excluding carboxylic acids is 1. The van der Waals surface area contributed by atoms with Crippen LogP contribution in [0, 0.1) is 0 Å². The number of ketones is 1. The van der Waals surface area contributed by atoms with Gasteiger partial charge >= 0.3 is 36.0 Å². The quantitative estimate of drug-likeness (QED) is 0.265. The zero-order chi connectivity index (χ0) is 16.3. The smallest absolute Gasteiger partial charge is 0.744 e. The molecule has 2 aromatic rings. The molecule has 2 aromatic carbocycles. The fourth-order valence-electron chi connectivity index (χ4n) is 1.90. The van der Waals surface area contributed by atoms with E-state index in [1.807, 2.05) is 0 Å². The van der Waals surface area contributed by atoms with E-state index in [9.17, 15) is 17.8 Å². The van der Waals surface area contributed by atoms with Crippen molar-refractivity contribution < 1.29 is 62.3 Å². The number of aliphatic hydroxyl groups excluding tert-OH is 1. The fraction of sp³-hybridized carbons (Fsp3) is 0.0714. The van der Waals surface area contributed by atoms with Gasteiger partial charge in [0.25, 0.3) is 0 Å². The van der Waals surface area contributed by atoms with E-state index in [-0.39, 0.29) is 35.1 Å². The van der Waals surface area contributed by atoms with Gasteiger partial charge in [0.05, 0.1) is 0 Å². The molecule has 0 atom stereocenters. The van der Waals surface area contributed by atoms with E-state index in [0.29, 0.717) is 0 Å². The largest absolute Gasteiger partial charge is 1.00 e. The molecule has 0 aliphatic heterocycles. The van der Waals surface area contributed by atoms with Gasteiger partial charge < -0.3 is 19.5 Å². The van der Waals surface area contributed by atoms with Crippen LogP contribution in [0.2, 0.25) is 0 Å². The minimum Gasteiger partial charge on any atom is -0.744 e. The zero-order valence-electron chi connectivity index (χ0n) is 12.0. The van der Waals surface area contributed by atoms with Gasteiger partial charge in [-0.3, -0.25) is 4.79 Å². The molecule has 0 spiro atoms. The van der Waals surface area contributed by atoms with Crippen molar-refractivity contribution in [2.75, 3.05) is 0 Å². The molecule has 0 amide bonds. The second-order valence-corrected chi connectivity index (χ2v) is 5.54. The van der Waals surface area contributed by atoms with Crippen molar-refractivity contribution in [3.05, 3.63) is 59.7 Å². The van der Waals surface area contributed by atoms with Gasteiger partial charge in [-0.05, 0) is 12.1 Å². The normalized spacial score (nSPS) is 11.0. The van der Waals surface area contributed by atoms with Crippen molar-refractivity contribution in [1.29, 1.82) is 0 Å². The summed E-state index contributed by atoms with van der Waals surface area (Å²) in [5, 5.41) is 17.6. The molecule has 0 unspecified atom stereocenters. The summed E-state index contributed by atoms with van der Waals surface area (Å²) in [6, 6.07) is 11.2. The molecular weight excluding hydrogens is 335 g/mol. The molecule has 0 saturated heterocycles. The van der Waals surface area contributed by atoms with E-state index < -0.39 is 38.6 Å². The van der Waals surface area contributed by atoms with Crippen LogP contribution < -0.4 is 34.3 Å². The Bertz CT molecular complexity index is 788. The van der Waals surface area contributed by atoms with Crippen LogP contribution in [0.3, 0.4) is 0 Å². The van der Waals surface area contributed by atoms with E-state index in [1.165, 1.54) is 18.2 Å². The van der Waals surface area contributed by atoms with Crippen molar-refractivity contribution >= 4 is 15.9 Å². The van der Waals surface area contributed by atoms with E-state index in [4.69, 9.17) is 10.2 Å². The molecule has 116 valence electrons. The first-order valence-electron chi connectivity index (χ1n) is 6.02. The SMILES string of the molecule is O=C(c1ccccc1)c1cccc(OC(O)O)c1S(=O)(=O)[O-].[Na+]. The first-order valence-corrected chi connectivity index (χ1v) is 7.43. The molecule has 2 rings (SSSR count). The zero-order valence-corrected chi connectivity index (χ0v) is 14.9. The standard InChI is InChI=1S/C14H12O7S.Na/c15-12(9-5-2-1-3-6-9)10-7-4-8-11(21-14(16)17)13(10)22(18,19)20;/h1-8,14,16-17H,(H,18,19,20);/q;+1/p-1. The van der Waals surface area contributed by atoms with Gasteiger partial charge in [0.15, 0.2) is 5.78 Å². The predicted molar refractivity (Wildman–Crippen MR) is 73.1 cm³/mol. The van der Waals surface area contributed by atoms with Crippen LogP contribution in [-0.2, 0) is 10.1 Å². The van der Waals surface area contributed by atoms with Crippen LogP contribution in [0.4, 0.5) is 0 Å². The minimum atomic E-state index is -5.08. The molecule has 0 radical (unpaired) electrons. The molecule has 23 heavy (non-hydrogen) atoms. The van der Waals surface area contributed by atoms with Crippen molar-refractivity contribution in [2.24, 2.45) is 0 Å². The number of ether oxygens (including phenoxy) is 1. The maximum Gasteiger partial charge on any atom is 1.00 e. The van der Waals surface area contributed by atoms with E-state index >= 15 is 0 Å². The maximum atomic E-state index is 12.4. The van der Waals surface area contributed by atoms with Crippen LogP contribution >= 0.6 is 0 Å². The molecule has 0 aliphatic carbocycles. The summed E-state index contributed by atoms with van der Waals surface area (Å²) in [5.41, 5.74) is -0.228. The summed E-state index contributed by atoms with van der Waals surface area (Å²) < 4.78 is 38.8. The van der Waals surface area contributed by atoms with Gasteiger partial charge in [-0.15, -0.1) is 0 Å². The molecule has 0 heterocycles. The maximum absolute atomic E-state index is 12.4. The Morgan fingerprint density at radius 3 is 2.17 bits per heavy atom. The Kier molecular flexibility index (Phi) is 6.90. The monoisotopic (exact) mass is 346 g/mol. The van der Waals surface area contributed by atoms with Gasteiger partial charge in [0, 0.05) is 11.1 Å². The first-order chi connectivity index (χ1) is 10.3. The summed E-state index contributed by atoms with van der Waals surface area (Å²) in [7, 11) is -5.08.